The lowest BCUT2D eigenvalue weighted by atomic mass is 10.1. The smallest absolute Gasteiger partial charge is 0.430 e. The standard InChI is InChI=1S/C12H17NO2.C2HF3O2/c1-9(2)13-8-10-4-6-11(7-5-10)12(14)15-3;3-2(4,5)1(6)7/h4-7,9,13H,8H2,1-3H3;(H,6,7). The van der Waals surface area contributed by atoms with Gasteiger partial charge in [-0.15, -0.1) is 0 Å². The van der Waals surface area contributed by atoms with E-state index in [0.29, 0.717) is 11.6 Å². The summed E-state index contributed by atoms with van der Waals surface area (Å²) in [7, 11) is 1.39. The van der Waals surface area contributed by atoms with E-state index < -0.39 is 12.1 Å². The zero-order valence-corrected chi connectivity index (χ0v) is 12.4. The number of methoxy groups -OCH3 is 1. The van der Waals surface area contributed by atoms with Crippen LogP contribution in [0.5, 0.6) is 0 Å². The molecule has 0 radical (unpaired) electrons. The first-order valence-corrected chi connectivity index (χ1v) is 6.36. The summed E-state index contributed by atoms with van der Waals surface area (Å²) in [5.74, 6) is -3.29. The molecule has 8 heteroatoms. The summed E-state index contributed by atoms with van der Waals surface area (Å²) in [5.41, 5.74) is 1.82. The molecule has 2 N–H and O–H groups in total. The summed E-state index contributed by atoms with van der Waals surface area (Å²) in [6.07, 6.45) is -5.19. The van der Waals surface area contributed by atoms with Crippen LogP contribution in [0.3, 0.4) is 0 Å². The Morgan fingerprint density at radius 2 is 1.68 bits per heavy atom. The number of halogens is 3. The molecule has 0 bridgehead atoms. The quantitative estimate of drug-likeness (QED) is 0.806. The van der Waals surface area contributed by atoms with Crippen molar-refractivity contribution >= 4 is 11.9 Å². The van der Waals surface area contributed by atoms with E-state index in [1.54, 1.807) is 12.1 Å². The summed E-state index contributed by atoms with van der Waals surface area (Å²) in [6, 6.07) is 8.12. The number of nitrogens with two attached hydrogens (primary N) is 1. The van der Waals surface area contributed by atoms with E-state index in [0.717, 1.165) is 6.54 Å². The number of carbonyl (C=O) groups is 2. The summed E-state index contributed by atoms with van der Waals surface area (Å²) >= 11 is 0. The van der Waals surface area contributed by atoms with Gasteiger partial charge in [-0.25, -0.2) is 4.79 Å². The summed E-state index contributed by atoms with van der Waals surface area (Å²) < 4.78 is 36.2. The molecule has 0 amide bonds. The molecule has 0 heterocycles. The first-order chi connectivity index (χ1) is 10.1. The van der Waals surface area contributed by atoms with Gasteiger partial charge in [0.15, 0.2) is 0 Å². The number of carboxylic acid groups (broad SMARTS) is 1. The molecule has 0 aromatic heterocycles. The number of rotatable bonds is 4. The maximum atomic E-state index is 11.2. The van der Waals surface area contributed by atoms with Crippen LogP contribution in [0.15, 0.2) is 24.3 Å². The minimum atomic E-state index is -5.19. The van der Waals surface area contributed by atoms with Gasteiger partial charge in [-0.1, -0.05) is 12.1 Å². The Bertz CT molecular complexity index is 484. The maximum absolute atomic E-state index is 11.2. The molecule has 124 valence electrons. The van der Waals surface area contributed by atoms with Gasteiger partial charge in [-0.3, -0.25) is 0 Å². The second kappa shape index (κ2) is 9.04. The van der Waals surface area contributed by atoms with Gasteiger partial charge in [0.05, 0.1) is 18.7 Å². The number of esters is 1. The van der Waals surface area contributed by atoms with E-state index in [9.17, 15) is 18.0 Å². The van der Waals surface area contributed by atoms with Gasteiger partial charge >= 0.3 is 12.1 Å². The molecule has 1 aromatic rings. The lowest BCUT2D eigenvalue weighted by Crippen LogP contribution is -2.86. The average Bonchev–Trinajstić information content (AvgIpc) is 2.44. The number of alkyl halides is 3. The Kier molecular flexibility index (Phi) is 8.18. The van der Waals surface area contributed by atoms with E-state index in [2.05, 4.69) is 23.9 Å². The number of quaternary nitrogens is 1. The molecule has 0 aliphatic carbocycles. The molecule has 22 heavy (non-hydrogen) atoms. The van der Waals surface area contributed by atoms with Crippen molar-refractivity contribution in [3.63, 3.8) is 0 Å². The number of hydrogen-bond donors (Lipinski definition) is 1. The van der Waals surface area contributed by atoms with Gasteiger partial charge in [0.2, 0.25) is 0 Å². The first kappa shape index (κ1) is 19.9. The monoisotopic (exact) mass is 321 g/mol. The molecule has 1 rings (SSSR count). The highest BCUT2D eigenvalue weighted by atomic mass is 19.4. The first-order valence-electron chi connectivity index (χ1n) is 6.36. The molecule has 0 atom stereocenters. The van der Waals surface area contributed by atoms with Crippen LogP contribution >= 0.6 is 0 Å². The SMILES string of the molecule is COC(=O)c1ccc(C[NH2+]C(C)C)cc1.O=C([O-])C(F)(F)F. The van der Waals surface area contributed by atoms with Crippen molar-refractivity contribution < 1.29 is 37.9 Å². The van der Waals surface area contributed by atoms with Crippen molar-refractivity contribution in [1.29, 1.82) is 0 Å². The van der Waals surface area contributed by atoms with Crippen LogP contribution in [0.4, 0.5) is 13.2 Å². The van der Waals surface area contributed by atoms with E-state index in [-0.39, 0.29) is 5.97 Å². The van der Waals surface area contributed by atoms with Gasteiger partial charge in [-0.2, -0.15) is 13.2 Å². The molecule has 5 nitrogen and oxygen atoms in total. The van der Waals surface area contributed by atoms with Gasteiger partial charge in [0.1, 0.15) is 12.5 Å². The highest BCUT2D eigenvalue weighted by Crippen LogP contribution is 2.11. The minimum Gasteiger partial charge on any atom is -0.542 e. The van der Waals surface area contributed by atoms with Crippen LogP contribution in [-0.2, 0) is 16.1 Å². The largest absolute Gasteiger partial charge is 0.542 e. The Hall–Kier alpha value is -2.09. The number of carboxylic acids is 1. The van der Waals surface area contributed by atoms with Crippen LogP contribution < -0.4 is 10.4 Å². The van der Waals surface area contributed by atoms with E-state index in [4.69, 9.17) is 9.90 Å². The number of carbonyl (C=O) groups excluding carboxylic acids is 2. The number of benzene rings is 1. The Morgan fingerprint density at radius 3 is 2.00 bits per heavy atom. The molecule has 0 saturated carbocycles. The predicted octanol–water partition coefficient (Wildman–Crippen LogP) is 0.244. The van der Waals surface area contributed by atoms with Crippen LogP contribution in [0.2, 0.25) is 0 Å². The third kappa shape index (κ3) is 8.25. The Labute approximate surface area is 126 Å². The lowest BCUT2D eigenvalue weighted by Gasteiger charge is -2.05. The molecule has 0 aliphatic rings. The van der Waals surface area contributed by atoms with Crippen molar-refractivity contribution in [3.05, 3.63) is 35.4 Å². The number of ether oxygens (including phenoxy) is 1. The lowest BCUT2D eigenvalue weighted by molar-refractivity contribution is -0.698. The van der Waals surface area contributed by atoms with Crippen molar-refractivity contribution in [2.75, 3.05) is 7.11 Å². The Morgan fingerprint density at radius 1 is 1.23 bits per heavy atom. The summed E-state index contributed by atoms with van der Waals surface area (Å²) in [6.45, 7) is 5.25. The van der Waals surface area contributed by atoms with Crippen LogP contribution in [0, 0.1) is 0 Å². The van der Waals surface area contributed by atoms with Gasteiger partial charge in [-0.05, 0) is 26.0 Å². The fourth-order valence-corrected chi connectivity index (χ4v) is 1.27. The summed E-state index contributed by atoms with van der Waals surface area (Å²) in [5, 5.41) is 11.0. The molecule has 0 fully saturated rings. The van der Waals surface area contributed by atoms with E-state index in [1.807, 2.05) is 12.1 Å². The molecule has 0 aliphatic heterocycles. The minimum absolute atomic E-state index is 0.283. The summed E-state index contributed by atoms with van der Waals surface area (Å²) in [4.78, 5) is 19.9. The zero-order chi connectivity index (χ0) is 17.3. The highest BCUT2D eigenvalue weighted by molar-refractivity contribution is 5.89. The average molecular weight is 321 g/mol. The van der Waals surface area contributed by atoms with Gasteiger partial charge < -0.3 is 20.0 Å². The molecule has 0 spiro atoms. The third-order valence-electron chi connectivity index (χ3n) is 2.43. The van der Waals surface area contributed by atoms with Gasteiger partial charge in [0, 0.05) is 5.56 Å². The van der Waals surface area contributed by atoms with Crippen molar-refractivity contribution in [1.82, 2.24) is 0 Å². The van der Waals surface area contributed by atoms with Crippen LogP contribution in [0.1, 0.15) is 29.8 Å². The molecule has 0 unspecified atom stereocenters. The van der Waals surface area contributed by atoms with Crippen molar-refractivity contribution in [2.45, 2.75) is 32.6 Å². The van der Waals surface area contributed by atoms with Crippen molar-refractivity contribution in [3.8, 4) is 0 Å². The fourth-order valence-electron chi connectivity index (χ4n) is 1.27. The second-order valence-corrected chi connectivity index (χ2v) is 4.66. The maximum Gasteiger partial charge on any atom is 0.430 e. The molecular weight excluding hydrogens is 303 g/mol. The highest BCUT2D eigenvalue weighted by Gasteiger charge is 2.28. The molecular formula is C14H18F3NO4. The van der Waals surface area contributed by atoms with E-state index in [1.165, 1.54) is 12.7 Å². The number of aliphatic carboxylic acids is 1. The predicted molar refractivity (Wildman–Crippen MR) is 69.6 cm³/mol. The third-order valence-corrected chi connectivity index (χ3v) is 2.43. The van der Waals surface area contributed by atoms with E-state index >= 15 is 0 Å². The normalized spacial score (nSPS) is 10.7. The Balaban J connectivity index is 0.000000534. The van der Waals surface area contributed by atoms with Crippen LogP contribution in [-0.4, -0.2) is 31.3 Å². The van der Waals surface area contributed by atoms with Gasteiger partial charge in [0.25, 0.3) is 0 Å². The molecule has 1 aromatic carbocycles. The number of hydrogen-bond acceptors (Lipinski definition) is 4. The molecule has 0 saturated heterocycles. The zero-order valence-electron chi connectivity index (χ0n) is 12.4. The fraction of sp³-hybridized carbons (Fsp3) is 0.429. The van der Waals surface area contributed by atoms with Crippen molar-refractivity contribution in [2.24, 2.45) is 0 Å². The van der Waals surface area contributed by atoms with Crippen LogP contribution in [0.25, 0.3) is 0 Å². The topological polar surface area (TPSA) is 83.0 Å². The second-order valence-electron chi connectivity index (χ2n) is 4.66.